The number of aromatic amines is 1. The van der Waals surface area contributed by atoms with Crippen LogP contribution in [0.5, 0.6) is 5.75 Å². The third-order valence-electron chi connectivity index (χ3n) is 4.39. The molecule has 1 atom stereocenters. The lowest BCUT2D eigenvalue weighted by atomic mass is 10.1. The molecule has 8 nitrogen and oxygen atoms in total. The first-order valence-electron chi connectivity index (χ1n) is 8.48. The Bertz CT molecular complexity index is 910. The molecule has 0 spiro atoms. The molecule has 0 amide bonds. The van der Waals surface area contributed by atoms with Crippen molar-refractivity contribution in [2.45, 2.75) is 6.10 Å². The summed E-state index contributed by atoms with van der Waals surface area (Å²) in [5, 5.41) is 0.320. The summed E-state index contributed by atoms with van der Waals surface area (Å²) >= 11 is 6.00. The highest BCUT2D eigenvalue weighted by Crippen LogP contribution is 2.27. The highest BCUT2D eigenvalue weighted by Gasteiger charge is 2.26. The standard InChI is InChI=1S/C18H19ClN6O2/c1-26-12-4-2-11(3-5-12)13-9-21-17(22-13)14-10-25(6-7-27-14)16-8-15(19)23-18(20)24-16/h2-5,8-9,14H,6-7,10H2,1H3,(H,21,22)(H2,20,23,24). The normalized spacial score (nSPS) is 17.1. The van der Waals surface area contributed by atoms with Crippen molar-refractivity contribution in [3.8, 4) is 17.0 Å². The fourth-order valence-corrected chi connectivity index (χ4v) is 3.21. The zero-order chi connectivity index (χ0) is 18.8. The van der Waals surface area contributed by atoms with E-state index in [1.165, 1.54) is 0 Å². The lowest BCUT2D eigenvalue weighted by Gasteiger charge is -2.32. The van der Waals surface area contributed by atoms with Gasteiger partial charge in [-0.3, -0.25) is 0 Å². The predicted octanol–water partition coefficient (Wildman–Crippen LogP) is 2.69. The van der Waals surface area contributed by atoms with Crippen molar-refractivity contribution >= 4 is 23.4 Å². The number of halogens is 1. The Balaban J connectivity index is 1.52. The van der Waals surface area contributed by atoms with E-state index in [-0.39, 0.29) is 12.1 Å². The predicted molar refractivity (Wildman–Crippen MR) is 103 cm³/mol. The van der Waals surface area contributed by atoms with Crippen LogP contribution in [-0.4, -0.2) is 46.7 Å². The van der Waals surface area contributed by atoms with Gasteiger partial charge in [-0.1, -0.05) is 11.6 Å². The van der Waals surface area contributed by atoms with Crippen LogP contribution in [0.2, 0.25) is 5.15 Å². The molecule has 3 heterocycles. The fourth-order valence-electron chi connectivity index (χ4n) is 3.03. The second kappa shape index (κ2) is 7.42. The number of nitrogen functional groups attached to an aromatic ring is 1. The molecular formula is C18H19ClN6O2. The number of anilines is 2. The lowest BCUT2D eigenvalue weighted by molar-refractivity contribution is 0.0343. The average Bonchev–Trinajstić information content (AvgIpc) is 3.18. The molecule has 1 unspecified atom stereocenters. The number of aromatic nitrogens is 4. The number of benzene rings is 1. The highest BCUT2D eigenvalue weighted by atomic mass is 35.5. The second-order valence-corrected chi connectivity index (χ2v) is 6.51. The first-order valence-corrected chi connectivity index (χ1v) is 8.86. The van der Waals surface area contributed by atoms with Crippen molar-refractivity contribution < 1.29 is 9.47 Å². The van der Waals surface area contributed by atoms with Gasteiger partial charge in [0.15, 0.2) is 0 Å². The molecule has 9 heteroatoms. The first kappa shape index (κ1) is 17.6. The van der Waals surface area contributed by atoms with Crippen molar-refractivity contribution in [1.29, 1.82) is 0 Å². The monoisotopic (exact) mass is 386 g/mol. The fraction of sp³-hybridized carbons (Fsp3) is 0.278. The minimum Gasteiger partial charge on any atom is -0.497 e. The molecule has 1 fully saturated rings. The van der Waals surface area contributed by atoms with E-state index in [9.17, 15) is 0 Å². The molecule has 4 rings (SSSR count). The number of nitrogens with zero attached hydrogens (tertiary/aromatic N) is 4. The second-order valence-electron chi connectivity index (χ2n) is 6.12. The highest BCUT2D eigenvalue weighted by molar-refractivity contribution is 6.29. The van der Waals surface area contributed by atoms with Crippen LogP contribution in [0, 0.1) is 0 Å². The van der Waals surface area contributed by atoms with Gasteiger partial charge in [0.05, 0.1) is 32.2 Å². The molecule has 2 aromatic heterocycles. The third-order valence-corrected chi connectivity index (χ3v) is 4.58. The van der Waals surface area contributed by atoms with Gasteiger partial charge in [-0.25, -0.2) is 9.97 Å². The average molecular weight is 387 g/mol. The summed E-state index contributed by atoms with van der Waals surface area (Å²) in [6.45, 7) is 1.82. The summed E-state index contributed by atoms with van der Waals surface area (Å²) in [5.41, 5.74) is 7.65. The van der Waals surface area contributed by atoms with Crippen molar-refractivity contribution in [2.75, 3.05) is 37.4 Å². The minimum atomic E-state index is -0.208. The van der Waals surface area contributed by atoms with Crippen molar-refractivity contribution in [3.05, 3.63) is 47.5 Å². The maximum absolute atomic E-state index is 6.00. The summed E-state index contributed by atoms with van der Waals surface area (Å²) in [6, 6.07) is 9.49. The molecule has 0 aliphatic carbocycles. The summed E-state index contributed by atoms with van der Waals surface area (Å²) in [5.74, 6) is 2.41. The molecule has 3 aromatic rings. The van der Waals surface area contributed by atoms with Gasteiger partial charge in [0.25, 0.3) is 0 Å². The van der Waals surface area contributed by atoms with Crippen LogP contribution < -0.4 is 15.4 Å². The minimum absolute atomic E-state index is 0.153. The number of methoxy groups -OCH3 is 1. The van der Waals surface area contributed by atoms with Crippen LogP contribution in [0.3, 0.4) is 0 Å². The molecule has 0 saturated carbocycles. The Morgan fingerprint density at radius 2 is 2.11 bits per heavy atom. The van der Waals surface area contributed by atoms with Crippen LogP contribution in [-0.2, 0) is 4.74 Å². The molecule has 3 N–H and O–H groups in total. The SMILES string of the molecule is COc1ccc(-c2cnc(C3CN(c4cc(Cl)nc(N)n4)CCO3)[nH]2)cc1. The van der Waals surface area contributed by atoms with E-state index in [4.69, 9.17) is 26.8 Å². The van der Waals surface area contributed by atoms with E-state index in [0.717, 1.165) is 22.8 Å². The largest absolute Gasteiger partial charge is 0.497 e. The van der Waals surface area contributed by atoms with Gasteiger partial charge >= 0.3 is 0 Å². The van der Waals surface area contributed by atoms with Crippen LogP contribution >= 0.6 is 11.6 Å². The smallest absolute Gasteiger partial charge is 0.223 e. The van der Waals surface area contributed by atoms with Crippen LogP contribution in [0.15, 0.2) is 36.5 Å². The number of H-pyrrole nitrogens is 1. The first-order chi connectivity index (χ1) is 13.1. The molecule has 0 radical (unpaired) electrons. The zero-order valence-corrected chi connectivity index (χ0v) is 15.5. The van der Waals surface area contributed by atoms with Gasteiger partial charge < -0.3 is 25.1 Å². The van der Waals surface area contributed by atoms with Crippen LogP contribution in [0.4, 0.5) is 11.8 Å². The molecular weight excluding hydrogens is 368 g/mol. The number of hydrogen-bond acceptors (Lipinski definition) is 7. The molecule has 1 aliphatic heterocycles. The Hall–Kier alpha value is -2.84. The van der Waals surface area contributed by atoms with Crippen molar-refractivity contribution in [1.82, 2.24) is 19.9 Å². The Morgan fingerprint density at radius 1 is 1.30 bits per heavy atom. The van der Waals surface area contributed by atoms with E-state index < -0.39 is 0 Å². The zero-order valence-electron chi connectivity index (χ0n) is 14.7. The van der Waals surface area contributed by atoms with Gasteiger partial charge in [0.2, 0.25) is 5.95 Å². The molecule has 0 bridgehead atoms. The number of nitrogens with one attached hydrogen (secondary N) is 1. The van der Waals surface area contributed by atoms with E-state index in [1.807, 2.05) is 24.3 Å². The van der Waals surface area contributed by atoms with Gasteiger partial charge in [-0.2, -0.15) is 4.98 Å². The topological polar surface area (TPSA) is 102 Å². The molecule has 1 aliphatic rings. The third kappa shape index (κ3) is 3.81. The number of hydrogen-bond donors (Lipinski definition) is 2. The number of ether oxygens (including phenoxy) is 2. The molecule has 27 heavy (non-hydrogen) atoms. The van der Waals surface area contributed by atoms with E-state index in [2.05, 4.69) is 24.8 Å². The van der Waals surface area contributed by atoms with E-state index in [0.29, 0.717) is 30.7 Å². The van der Waals surface area contributed by atoms with Crippen LogP contribution in [0.1, 0.15) is 11.9 Å². The summed E-state index contributed by atoms with van der Waals surface area (Å²) in [7, 11) is 1.65. The summed E-state index contributed by atoms with van der Waals surface area (Å²) < 4.78 is 11.1. The maximum Gasteiger partial charge on any atom is 0.223 e. The maximum atomic E-state index is 6.00. The van der Waals surface area contributed by atoms with Gasteiger partial charge in [0.1, 0.15) is 28.6 Å². The number of nitrogens with two attached hydrogens (primary N) is 1. The lowest BCUT2D eigenvalue weighted by Crippen LogP contribution is -2.39. The Morgan fingerprint density at radius 3 is 2.85 bits per heavy atom. The van der Waals surface area contributed by atoms with Gasteiger partial charge in [-0.05, 0) is 29.8 Å². The summed E-state index contributed by atoms with van der Waals surface area (Å²) in [6.07, 6.45) is 1.60. The summed E-state index contributed by atoms with van der Waals surface area (Å²) in [4.78, 5) is 18.1. The molecule has 140 valence electrons. The van der Waals surface area contributed by atoms with Gasteiger partial charge in [0, 0.05) is 12.6 Å². The quantitative estimate of drug-likeness (QED) is 0.664. The molecule has 1 saturated heterocycles. The van der Waals surface area contributed by atoms with E-state index in [1.54, 1.807) is 19.4 Å². The number of rotatable bonds is 4. The van der Waals surface area contributed by atoms with E-state index >= 15 is 0 Å². The number of morpholine rings is 1. The van der Waals surface area contributed by atoms with Crippen molar-refractivity contribution in [2.24, 2.45) is 0 Å². The number of imidazole rings is 1. The van der Waals surface area contributed by atoms with Gasteiger partial charge in [-0.15, -0.1) is 0 Å². The van der Waals surface area contributed by atoms with Crippen molar-refractivity contribution in [3.63, 3.8) is 0 Å². The Labute approximate surface area is 161 Å². The van der Waals surface area contributed by atoms with Crippen LogP contribution in [0.25, 0.3) is 11.3 Å². The Kier molecular flexibility index (Phi) is 4.83. The molecule has 1 aromatic carbocycles.